The quantitative estimate of drug-likeness (QED) is 0.338. The van der Waals surface area contributed by atoms with Crippen LogP contribution in [0.25, 0.3) is 0 Å². The average molecular weight is 351 g/mol. The molecule has 0 aromatic carbocycles. The Bertz CT molecular complexity index is 766. The zero-order valence-electron chi connectivity index (χ0n) is 13.1. The van der Waals surface area contributed by atoms with E-state index in [-0.39, 0.29) is 46.8 Å². The van der Waals surface area contributed by atoms with Crippen molar-refractivity contribution in [3.05, 3.63) is 50.8 Å². The van der Waals surface area contributed by atoms with Crippen molar-refractivity contribution < 1.29 is 19.2 Å². The number of halogens is 1. The molecule has 1 aromatic heterocycles. The number of hydrogen-bond donors (Lipinski definition) is 0. The van der Waals surface area contributed by atoms with Gasteiger partial charge in [-0.05, 0) is 19.9 Å². The van der Waals surface area contributed by atoms with Crippen LogP contribution in [0.3, 0.4) is 0 Å². The van der Waals surface area contributed by atoms with Gasteiger partial charge in [-0.3, -0.25) is 10.1 Å². The first kappa shape index (κ1) is 17.7. The van der Waals surface area contributed by atoms with Crippen molar-refractivity contribution in [3.63, 3.8) is 0 Å². The Hall–Kier alpha value is -2.63. The second-order valence-corrected chi connectivity index (χ2v) is 5.05. The summed E-state index contributed by atoms with van der Waals surface area (Å²) < 4.78 is 10.8. The van der Waals surface area contributed by atoms with E-state index in [0.29, 0.717) is 0 Å². The monoisotopic (exact) mass is 350 g/mol. The molecule has 1 unspecified atom stereocenters. The number of rotatable bonds is 6. The molecule has 0 radical (unpaired) electrons. The molecule has 0 fully saturated rings. The van der Waals surface area contributed by atoms with Gasteiger partial charge in [-0.1, -0.05) is 29.8 Å². The SMILES string of the molecule is CCOc1c(Cl)nc(C2C=CC=CC2=C=O)c([N+](=O)[O-])c1OCC. The highest BCUT2D eigenvalue weighted by atomic mass is 35.5. The summed E-state index contributed by atoms with van der Waals surface area (Å²) in [5.74, 6) is 0.971. The van der Waals surface area contributed by atoms with Gasteiger partial charge in [-0.2, -0.15) is 0 Å². The number of nitro groups is 1. The third-order valence-electron chi connectivity index (χ3n) is 3.27. The summed E-state index contributed by atoms with van der Waals surface area (Å²) in [5, 5.41) is 11.6. The lowest BCUT2D eigenvalue weighted by Crippen LogP contribution is -2.11. The number of carbonyl (C=O) groups excluding carboxylic acids is 1. The van der Waals surface area contributed by atoms with Gasteiger partial charge in [0.15, 0.2) is 5.15 Å². The van der Waals surface area contributed by atoms with E-state index in [4.69, 9.17) is 21.1 Å². The highest BCUT2D eigenvalue weighted by molar-refractivity contribution is 6.31. The van der Waals surface area contributed by atoms with Crippen LogP contribution in [0, 0.1) is 10.1 Å². The molecule has 24 heavy (non-hydrogen) atoms. The van der Waals surface area contributed by atoms with Crippen LogP contribution >= 0.6 is 11.6 Å². The standard InChI is InChI=1S/C16H15ClN2O5/c1-3-23-14-13(19(21)22)12(18-16(17)15(14)24-4-2)11-8-6-5-7-10(11)9-20/h5-8,11H,3-4H2,1-2H3. The summed E-state index contributed by atoms with van der Waals surface area (Å²) in [4.78, 5) is 26.3. The third-order valence-corrected chi connectivity index (χ3v) is 3.52. The maximum atomic E-state index is 11.7. The van der Waals surface area contributed by atoms with E-state index in [1.807, 2.05) is 0 Å². The topological polar surface area (TPSA) is 91.6 Å². The van der Waals surface area contributed by atoms with Crippen LogP contribution < -0.4 is 9.47 Å². The van der Waals surface area contributed by atoms with Crippen LogP contribution in [0.4, 0.5) is 5.69 Å². The minimum absolute atomic E-state index is 0.0100. The molecule has 8 heteroatoms. The van der Waals surface area contributed by atoms with E-state index in [1.54, 1.807) is 38.0 Å². The van der Waals surface area contributed by atoms with Crippen LogP contribution in [0.1, 0.15) is 25.5 Å². The van der Waals surface area contributed by atoms with E-state index in [2.05, 4.69) is 4.98 Å². The predicted octanol–water partition coefficient (Wildman–Crippen LogP) is 3.41. The van der Waals surface area contributed by atoms with E-state index in [0.717, 1.165) is 0 Å². The molecule has 0 bridgehead atoms. The maximum absolute atomic E-state index is 11.7. The number of aromatic nitrogens is 1. The zero-order chi connectivity index (χ0) is 17.7. The Kier molecular flexibility index (Phi) is 5.73. The molecule has 0 spiro atoms. The molecule has 0 aliphatic heterocycles. The van der Waals surface area contributed by atoms with Crippen molar-refractivity contribution in [2.24, 2.45) is 0 Å². The fraction of sp³-hybridized carbons (Fsp3) is 0.312. The zero-order valence-corrected chi connectivity index (χ0v) is 13.9. The maximum Gasteiger partial charge on any atom is 0.337 e. The summed E-state index contributed by atoms with van der Waals surface area (Å²) in [6.07, 6.45) is 6.44. The highest BCUT2D eigenvalue weighted by Gasteiger charge is 2.34. The number of ether oxygens (including phenoxy) is 2. The molecule has 2 rings (SSSR count). The summed E-state index contributed by atoms with van der Waals surface area (Å²) in [7, 11) is 0. The molecular weight excluding hydrogens is 336 g/mol. The first-order valence-electron chi connectivity index (χ1n) is 7.28. The molecule has 0 N–H and O–H groups in total. The van der Waals surface area contributed by atoms with Crippen molar-refractivity contribution in [3.8, 4) is 11.5 Å². The van der Waals surface area contributed by atoms with Gasteiger partial charge in [0.1, 0.15) is 11.6 Å². The summed E-state index contributed by atoms with van der Waals surface area (Å²) in [6, 6.07) is 0. The largest absolute Gasteiger partial charge is 0.487 e. The van der Waals surface area contributed by atoms with Crippen LogP contribution in [0.5, 0.6) is 11.5 Å². The fourth-order valence-corrected chi connectivity index (χ4v) is 2.58. The minimum atomic E-state index is -0.736. The number of hydrogen-bond acceptors (Lipinski definition) is 6. The first-order valence-corrected chi connectivity index (χ1v) is 7.66. The molecule has 1 heterocycles. The van der Waals surface area contributed by atoms with Gasteiger partial charge >= 0.3 is 5.69 Å². The second kappa shape index (κ2) is 7.77. The molecule has 1 aliphatic rings. The Morgan fingerprint density at radius 2 is 1.96 bits per heavy atom. The van der Waals surface area contributed by atoms with Gasteiger partial charge in [0, 0.05) is 5.57 Å². The van der Waals surface area contributed by atoms with Gasteiger partial charge in [0.05, 0.1) is 24.1 Å². The van der Waals surface area contributed by atoms with Gasteiger partial charge in [0.25, 0.3) is 0 Å². The molecular formula is C16H15ClN2O5. The smallest absolute Gasteiger partial charge is 0.337 e. The highest BCUT2D eigenvalue weighted by Crippen LogP contribution is 2.47. The lowest BCUT2D eigenvalue weighted by molar-refractivity contribution is -0.387. The fourth-order valence-electron chi connectivity index (χ4n) is 2.35. The van der Waals surface area contributed by atoms with Crippen LogP contribution in [0.2, 0.25) is 5.15 Å². The van der Waals surface area contributed by atoms with Crippen molar-refractivity contribution in [2.75, 3.05) is 13.2 Å². The molecule has 1 aliphatic carbocycles. The first-order chi connectivity index (χ1) is 11.5. The van der Waals surface area contributed by atoms with Gasteiger partial charge in [-0.25, -0.2) is 9.78 Å². The van der Waals surface area contributed by atoms with Crippen LogP contribution in [-0.2, 0) is 4.79 Å². The Labute approximate surface area is 143 Å². The van der Waals surface area contributed by atoms with Crippen LogP contribution in [0.15, 0.2) is 29.9 Å². The lowest BCUT2D eigenvalue weighted by Gasteiger charge is -2.18. The van der Waals surface area contributed by atoms with E-state index < -0.39 is 10.8 Å². The molecule has 1 aromatic rings. The summed E-state index contributed by atoms with van der Waals surface area (Å²) in [6.45, 7) is 3.82. The summed E-state index contributed by atoms with van der Waals surface area (Å²) >= 11 is 6.15. The Balaban J connectivity index is 2.76. The molecule has 0 saturated carbocycles. The third kappa shape index (κ3) is 3.32. The number of nitrogens with zero attached hydrogens (tertiary/aromatic N) is 2. The van der Waals surface area contributed by atoms with Gasteiger partial charge in [-0.15, -0.1) is 0 Å². The Morgan fingerprint density at radius 3 is 2.54 bits per heavy atom. The van der Waals surface area contributed by atoms with Gasteiger partial charge in [0.2, 0.25) is 11.5 Å². The van der Waals surface area contributed by atoms with Gasteiger partial charge < -0.3 is 9.47 Å². The average Bonchev–Trinajstić information content (AvgIpc) is 2.57. The van der Waals surface area contributed by atoms with Crippen molar-refractivity contribution in [1.29, 1.82) is 0 Å². The minimum Gasteiger partial charge on any atom is -0.487 e. The predicted molar refractivity (Wildman–Crippen MR) is 88.5 cm³/mol. The molecule has 1 atom stereocenters. The molecule has 0 amide bonds. The number of pyridine rings is 1. The molecule has 0 saturated heterocycles. The van der Waals surface area contributed by atoms with Crippen LogP contribution in [-0.4, -0.2) is 29.1 Å². The summed E-state index contributed by atoms with van der Waals surface area (Å²) in [5.41, 5.74) is -0.144. The van der Waals surface area contributed by atoms with Crippen molar-refractivity contribution in [1.82, 2.24) is 4.98 Å². The van der Waals surface area contributed by atoms with Crippen molar-refractivity contribution in [2.45, 2.75) is 19.8 Å². The Morgan fingerprint density at radius 1 is 1.29 bits per heavy atom. The molecule has 126 valence electrons. The van der Waals surface area contributed by atoms with E-state index in [9.17, 15) is 14.9 Å². The normalized spacial score (nSPS) is 16.0. The number of allylic oxidation sites excluding steroid dienone is 5. The lowest BCUT2D eigenvalue weighted by atomic mass is 9.91. The second-order valence-electron chi connectivity index (χ2n) is 4.70. The van der Waals surface area contributed by atoms with Crippen molar-refractivity contribution >= 4 is 23.2 Å². The van der Waals surface area contributed by atoms with E-state index >= 15 is 0 Å². The van der Waals surface area contributed by atoms with E-state index in [1.165, 1.54) is 6.08 Å². The molecule has 7 nitrogen and oxygen atoms in total.